The van der Waals surface area contributed by atoms with E-state index in [1.165, 1.54) is 7.11 Å². The normalized spacial score (nSPS) is 11.1. The van der Waals surface area contributed by atoms with Crippen molar-refractivity contribution in [3.05, 3.63) is 71.8 Å². The lowest BCUT2D eigenvalue weighted by Gasteiger charge is -2.14. The molecule has 0 saturated carbocycles. The van der Waals surface area contributed by atoms with Crippen LogP contribution >= 0.6 is 0 Å². The Bertz CT molecular complexity index is 1510. The predicted molar refractivity (Wildman–Crippen MR) is 139 cm³/mol. The van der Waals surface area contributed by atoms with E-state index in [1.807, 2.05) is 53.1 Å². The zero-order valence-corrected chi connectivity index (χ0v) is 20.4. The summed E-state index contributed by atoms with van der Waals surface area (Å²) in [5, 5.41) is 17.8. The molecule has 0 aliphatic rings. The Balaban J connectivity index is 1.67. The number of H-pyrrole nitrogens is 1. The van der Waals surface area contributed by atoms with Crippen LogP contribution in [-0.2, 0) is 11.2 Å². The number of carbonyl (C=O) groups excluding carboxylic acids is 1. The van der Waals surface area contributed by atoms with Crippen molar-refractivity contribution in [1.82, 2.24) is 30.2 Å². The number of aryl methyl sites for hydroxylation is 1. The van der Waals surface area contributed by atoms with Gasteiger partial charge in [0.05, 0.1) is 23.7 Å². The maximum atomic E-state index is 12.7. The van der Waals surface area contributed by atoms with Crippen LogP contribution in [0.5, 0.6) is 0 Å². The van der Waals surface area contributed by atoms with Gasteiger partial charge in [0.25, 0.3) is 0 Å². The fraction of sp³-hybridized carbons (Fsp3) is 0.222. The Kier molecular flexibility index (Phi) is 6.44. The summed E-state index contributed by atoms with van der Waals surface area (Å²) >= 11 is 0. The number of methoxy groups -OCH3 is 1. The number of fused-ring (bicyclic) bond motifs is 1. The Hall–Kier alpha value is -4.53. The van der Waals surface area contributed by atoms with Gasteiger partial charge in [0.15, 0.2) is 5.82 Å². The molecule has 5 aromatic rings. The van der Waals surface area contributed by atoms with E-state index < -0.39 is 5.97 Å². The van der Waals surface area contributed by atoms with Gasteiger partial charge in [0.2, 0.25) is 5.95 Å². The molecule has 0 radical (unpaired) electrons. The van der Waals surface area contributed by atoms with Gasteiger partial charge in [-0.05, 0) is 58.2 Å². The second-order valence-corrected chi connectivity index (χ2v) is 8.35. The van der Waals surface area contributed by atoms with Crippen LogP contribution in [0.4, 0.5) is 5.95 Å². The third-order valence-electron chi connectivity index (χ3n) is 6.17. The third-order valence-corrected chi connectivity index (χ3v) is 6.17. The lowest BCUT2D eigenvalue weighted by molar-refractivity contribution is 0.0602. The Labute approximate surface area is 208 Å². The van der Waals surface area contributed by atoms with Crippen molar-refractivity contribution >= 4 is 23.0 Å². The van der Waals surface area contributed by atoms with Crippen LogP contribution in [0.3, 0.4) is 0 Å². The van der Waals surface area contributed by atoms with Crippen LogP contribution in [0.1, 0.15) is 36.2 Å². The van der Waals surface area contributed by atoms with Crippen LogP contribution in [0.25, 0.3) is 39.2 Å². The molecule has 0 atom stereocenters. The molecular weight excluding hydrogens is 454 g/mol. The third kappa shape index (κ3) is 4.08. The SMILES string of the molecule is CCCNc1nc2c(CC)ccc(C(=O)OC)c2n1-c1ccc(-c2ccccc2-c2nnn[nH]2)cc1. The summed E-state index contributed by atoms with van der Waals surface area (Å²) in [6.07, 6.45) is 1.74. The maximum Gasteiger partial charge on any atom is 0.340 e. The quantitative estimate of drug-likeness (QED) is 0.299. The van der Waals surface area contributed by atoms with Crippen molar-refractivity contribution in [2.24, 2.45) is 0 Å². The molecule has 5 rings (SSSR count). The minimum Gasteiger partial charge on any atom is -0.465 e. The molecule has 2 N–H and O–H groups in total. The molecule has 0 aliphatic heterocycles. The lowest BCUT2D eigenvalue weighted by Crippen LogP contribution is -2.09. The molecule has 0 saturated heterocycles. The van der Waals surface area contributed by atoms with Crippen LogP contribution in [-0.4, -0.2) is 49.8 Å². The molecular formula is C27H27N7O2. The molecule has 0 fully saturated rings. The van der Waals surface area contributed by atoms with Crippen molar-refractivity contribution in [3.63, 3.8) is 0 Å². The summed E-state index contributed by atoms with van der Waals surface area (Å²) in [6.45, 7) is 4.95. The zero-order chi connectivity index (χ0) is 25.1. The Morgan fingerprint density at radius 3 is 2.47 bits per heavy atom. The summed E-state index contributed by atoms with van der Waals surface area (Å²) in [4.78, 5) is 17.6. The largest absolute Gasteiger partial charge is 0.465 e. The second-order valence-electron chi connectivity index (χ2n) is 8.35. The lowest BCUT2D eigenvalue weighted by atomic mass is 9.99. The number of rotatable bonds is 8. The van der Waals surface area contributed by atoms with Gasteiger partial charge in [-0.2, -0.15) is 0 Å². The average Bonchev–Trinajstić information content (AvgIpc) is 3.60. The summed E-state index contributed by atoms with van der Waals surface area (Å²) in [7, 11) is 1.40. The van der Waals surface area contributed by atoms with Crippen molar-refractivity contribution in [2.45, 2.75) is 26.7 Å². The number of aromatic amines is 1. The number of ether oxygens (including phenoxy) is 1. The van der Waals surface area contributed by atoms with E-state index >= 15 is 0 Å². The predicted octanol–water partition coefficient (Wildman–Crippen LogP) is 5.04. The highest BCUT2D eigenvalue weighted by atomic mass is 16.5. The molecule has 3 aromatic carbocycles. The molecule has 0 bridgehead atoms. The van der Waals surface area contributed by atoms with Crippen molar-refractivity contribution < 1.29 is 9.53 Å². The number of aromatic nitrogens is 6. The highest BCUT2D eigenvalue weighted by molar-refractivity contribution is 6.04. The highest BCUT2D eigenvalue weighted by Gasteiger charge is 2.22. The number of hydrogen-bond donors (Lipinski definition) is 2. The molecule has 2 heterocycles. The van der Waals surface area contributed by atoms with E-state index in [-0.39, 0.29) is 0 Å². The number of tetrazole rings is 1. The topological polar surface area (TPSA) is 111 Å². The molecule has 0 spiro atoms. The number of anilines is 1. The Morgan fingerprint density at radius 1 is 1.03 bits per heavy atom. The van der Waals surface area contributed by atoms with Crippen LogP contribution < -0.4 is 5.32 Å². The van der Waals surface area contributed by atoms with Gasteiger partial charge in [-0.15, -0.1) is 5.10 Å². The molecule has 0 aliphatic carbocycles. The zero-order valence-electron chi connectivity index (χ0n) is 20.4. The maximum absolute atomic E-state index is 12.7. The van der Waals surface area contributed by atoms with Crippen LogP contribution in [0.2, 0.25) is 0 Å². The van der Waals surface area contributed by atoms with Gasteiger partial charge in [-0.3, -0.25) is 4.57 Å². The second kappa shape index (κ2) is 9.99. The molecule has 9 heteroatoms. The van der Waals surface area contributed by atoms with Gasteiger partial charge in [-0.25, -0.2) is 14.9 Å². The van der Waals surface area contributed by atoms with E-state index in [9.17, 15) is 4.79 Å². The smallest absolute Gasteiger partial charge is 0.340 e. The fourth-order valence-electron chi connectivity index (χ4n) is 4.41. The Morgan fingerprint density at radius 2 is 1.81 bits per heavy atom. The summed E-state index contributed by atoms with van der Waals surface area (Å²) in [5.41, 5.74) is 6.90. The molecule has 2 aromatic heterocycles. The van der Waals surface area contributed by atoms with E-state index in [2.05, 4.69) is 51.9 Å². The van der Waals surface area contributed by atoms with E-state index in [0.717, 1.165) is 58.4 Å². The minimum absolute atomic E-state index is 0.392. The first kappa shape index (κ1) is 23.2. The fourth-order valence-corrected chi connectivity index (χ4v) is 4.41. The molecule has 182 valence electrons. The number of carbonyl (C=O) groups is 1. The number of hydrogen-bond acceptors (Lipinski definition) is 7. The van der Waals surface area contributed by atoms with E-state index in [0.29, 0.717) is 17.3 Å². The standard InChI is InChI=1S/C27H27N7O2/c1-4-16-28-27-29-23-17(5-2)12-15-22(26(35)36-3)24(23)34(27)19-13-10-18(11-14-19)20-8-6-7-9-21(20)25-30-32-33-31-25/h6-15H,4-5,16H2,1-3H3,(H,28,29)(H,30,31,32,33). The van der Waals surface area contributed by atoms with Gasteiger partial charge < -0.3 is 10.1 Å². The summed E-state index contributed by atoms with van der Waals surface area (Å²) in [5.74, 6) is 0.909. The minimum atomic E-state index is -0.392. The average molecular weight is 482 g/mol. The molecule has 0 amide bonds. The number of nitrogens with one attached hydrogen (secondary N) is 2. The van der Waals surface area contributed by atoms with Crippen molar-refractivity contribution in [1.29, 1.82) is 0 Å². The van der Waals surface area contributed by atoms with E-state index in [1.54, 1.807) is 0 Å². The monoisotopic (exact) mass is 481 g/mol. The molecule has 36 heavy (non-hydrogen) atoms. The van der Waals surface area contributed by atoms with Crippen LogP contribution in [0, 0.1) is 0 Å². The number of nitrogens with zero attached hydrogens (tertiary/aromatic N) is 5. The van der Waals surface area contributed by atoms with Crippen molar-refractivity contribution in [3.8, 4) is 28.2 Å². The number of benzene rings is 3. The first-order valence-corrected chi connectivity index (χ1v) is 12.0. The first-order chi connectivity index (χ1) is 17.7. The van der Waals surface area contributed by atoms with Crippen LogP contribution in [0.15, 0.2) is 60.7 Å². The first-order valence-electron chi connectivity index (χ1n) is 12.0. The van der Waals surface area contributed by atoms with Crippen molar-refractivity contribution in [2.75, 3.05) is 19.0 Å². The molecule has 9 nitrogen and oxygen atoms in total. The summed E-state index contributed by atoms with van der Waals surface area (Å²) < 4.78 is 7.11. The number of imidazole rings is 1. The van der Waals surface area contributed by atoms with Gasteiger partial charge in [-0.1, -0.05) is 56.3 Å². The highest BCUT2D eigenvalue weighted by Crippen LogP contribution is 2.34. The number of esters is 1. The van der Waals surface area contributed by atoms with Gasteiger partial charge in [0.1, 0.15) is 0 Å². The van der Waals surface area contributed by atoms with Gasteiger partial charge >= 0.3 is 5.97 Å². The summed E-state index contributed by atoms with van der Waals surface area (Å²) in [6, 6.07) is 19.9. The molecule has 0 unspecified atom stereocenters. The van der Waals surface area contributed by atoms with Gasteiger partial charge in [0, 0.05) is 17.8 Å². The van der Waals surface area contributed by atoms with E-state index in [4.69, 9.17) is 9.72 Å².